The molecule has 1 N–H and O–H groups in total. The number of carbonyl (C=O) groups excluding carboxylic acids is 1. The van der Waals surface area contributed by atoms with E-state index < -0.39 is 41.4 Å². The van der Waals surface area contributed by atoms with Crippen LogP contribution < -0.4 is 9.64 Å². The highest BCUT2D eigenvalue weighted by molar-refractivity contribution is 5.98. The van der Waals surface area contributed by atoms with Gasteiger partial charge in [-0.15, -0.1) is 0 Å². The molecule has 10 heteroatoms. The lowest BCUT2D eigenvalue weighted by Crippen LogP contribution is -2.54. The van der Waals surface area contributed by atoms with Gasteiger partial charge in [0.2, 0.25) is 5.91 Å². The third kappa shape index (κ3) is 5.22. The van der Waals surface area contributed by atoms with Gasteiger partial charge >= 0.3 is 12.4 Å². The first-order chi connectivity index (χ1) is 17.8. The van der Waals surface area contributed by atoms with Gasteiger partial charge in [0, 0.05) is 11.3 Å². The zero-order valence-electron chi connectivity index (χ0n) is 20.3. The Labute approximate surface area is 215 Å². The molecule has 0 saturated carbocycles. The monoisotopic (exact) mass is 537 g/mol. The zero-order chi connectivity index (χ0) is 27.7. The van der Waals surface area contributed by atoms with Crippen molar-refractivity contribution in [2.75, 3.05) is 11.4 Å². The third-order valence-electron chi connectivity index (χ3n) is 6.71. The minimum Gasteiger partial charge on any atom is -0.489 e. The number of hydrogen-bond acceptors (Lipinski definition) is 3. The SMILES string of the molecule is C[C@H](C(=O)N1C[C@@H](Oc2ccccc2)CCc2cc(C(O)(C(F)(F)F)C(F)(F)F)ccc21)c1ccccc1. The van der Waals surface area contributed by atoms with E-state index in [0.717, 1.165) is 6.07 Å². The fourth-order valence-corrected chi connectivity index (χ4v) is 4.59. The maximum Gasteiger partial charge on any atom is 0.430 e. The first kappa shape index (κ1) is 27.5. The van der Waals surface area contributed by atoms with Crippen molar-refractivity contribution in [1.29, 1.82) is 0 Å². The second kappa shape index (κ2) is 10.3. The largest absolute Gasteiger partial charge is 0.489 e. The van der Waals surface area contributed by atoms with E-state index in [9.17, 15) is 36.2 Å². The number of fused-ring (bicyclic) bond motifs is 1. The van der Waals surface area contributed by atoms with Crippen LogP contribution in [-0.4, -0.2) is 36.0 Å². The maximum absolute atomic E-state index is 13.7. The molecular weight excluding hydrogens is 512 g/mol. The highest BCUT2D eigenvalue weighted by atomic mass is 19.4. The summed E-state index contributed by atoms with van der Waals surface area (Å²) in [5, 5.41) is 9.93. The highest BCUT2D eigenvalue weighted by Crippen LogP contribution is 2.50. The minimum absolute atomic E-state index is 0.0238. The number of ether oxygens (including phenoxy) is 1. The molecule has 2 atom stereocenters. The van der Waals surface area contributed by atoms with Crippen molar-refractivity contribution in [1.82, 2.24) is 0 Å². The van der Waals surface area contributed by atoms with Gasteiger partial charge in [0.15, 0.2) is 0 Å². The third-order valence-corrected chi connectivity index (χ3v) is 6.71. The van der Waals surface area contributed by atoms with Gasteiger partial charge in [-0.1, -0.05) is 60.7 Å². The Morgan fingerprint density at radius 3 is 2.08 bits per heavy atom. The summed E-state index contributed by atoms with van der Waals surface area (Å²) in [6.07, 6.45) is -12.4. The predicted molar refractivity (Wildman–Crippen MR) is 129 cm³/mol. The molecular formula is C28H25F6NO3. The highest BCUT2D eigenvalue weighted by Gasteiger charge is 2.71. The lowest BCUT2D eigenvalue weighted by atomic mass is 9.89. The molecule has 4 rings (SSSR count). The van der Waals surface area contributed by atoms with Crippen molar-refractivity contribution in [3.05, 3.63) is 95.6 Å². The van der Waals surface area contributed by atoms with Gasteiger partial charge in [-0.3, -0.25) is 4.79 Å². The van der Waals surface area contributed by atoms with E-state index in [2.05, 4.69) is 0 Å². The minimum atomic E-state index is -6.01. The molecule has 0 saturated heterocycles. The quantitative estimate of drug-likeness (QED) is 0.377. The number of carbonyl (C=O) groups is 1. The summed E-state index contributed by atoms with van der Waals surface area (Å²) in [6, 6.07) is 19.8. The summed E-state index contributed by atoms with van der Waals surface area (Å²) >= 11 is 0. The molecule has 0 aliphatic carbocycles. The first-order valence-corrected chi connectivity index (χ1v) is 11.9. The topological polar surface area (TPSA) is 49.8 Å². The van der Waals surface area contributed by atoms with Crippen LogP contribution in [0.1, 0.15) is 36.0 Å². The molecule has 4 nitrogen and oxygen atoms in total. The fraction of sp³-hybridized carbons (Fsp3) is 0.321. The Hall–Kier alpha value is -3.53. The van der Waals surface area contributed by atoms with Crippen LogP contribution in [0.3, 0.4) is 0 Å². The van der Waals surface area contributed by atoms with Crippen molar-refractivity contribution >= 4 is 11.6 Å². The maximum atomic E-state index is 13.7. The van der Waals surface area contributed by atoms with E-state index in [-0.39, 0.29) is 30.6 Å². The van der Waals surface area contributed by atoms with Crippen molar-refractivity contribution in [3.8, 4) is 5.75 Å². The lowest BCUT2D eigenvalue weighted by Gasteiger charge is -2.34. The number of aliphatic hydroxyl groups is 1. The van der Waals surface area contributed by atoms with E-state index in [1.807, 2.05) is 0 Å². The number of alkyl halides is 6. The molecule has 3 aromatic rings. The van der Waals surface area contributed by atoms with E-state index in [4.69, 9.17) is 4.74 Å². The second-order valence-corrected chi connectivity index (χ2v) is 9.22. The van der Waals surface area contributed by atoms with Gasteiger partial charge in [-0.25, -0.2) is 0 Å². The molecule has 0 spiro atoms. The summed E-state index contributed by atoms with van der Waals surface area (Å²) in [5.41, 5.74) is -5.48. The van der Waals surface area contributed by atoms with Crippen LogP contribution in [0.2, 0.25) is 0 Å². The van der Waals surface area contributed by atoms with Crippen molar-refractivity contribution in [2.24, 2.45) is 0 Å². The Morgan fingerprint density at radius 1 is 0.921 bits per heavy atom. The average Bonchev–Trinajstić information content (AvgIpc) is 3.06. The number of halogens is 6. The second-order valence-electron chi connectivity index (χ2n) is 9.22. The van der Waals surface area contributed by atoms with Crippen LogP contribution in [0.15, 0.2) is 78.9 Å². The number of nitrogens with zero attached hydrogens (tertiary/aromatic N) is 1. The predicted octanol–water partition coefficient (Wildman–Crippen LogP) is 6.53. The normalized spacial score (nSPS) is 17.4. The zero-order valence-corrected chi connectivity index (χ0v) is 20.3. The van der Waals surface area contributed by atoms with Crippen LogP contribution in [-0.2, 0) is 16.8 Å². The van der Waals surface area contributed by atoms with Gasteiger partial charge in [-0.05, 0) is 49.1 Å². The molecule has 0 unspecified atom stereocenters. The number of benzene rings is 3. The summed E-state index contributed by atoms with van der Waals surface area (Å²) in [6.45, 7) is 1.70. The molecule has 0 fully saturated rings. The molecule has 0 radical (unpaired) electrons. The van der Waals surface area contributed by atoms with Gasteiger partial charge in [-0.2, -0.15) is 26.3 Å². The summed E-state index contributed by atoms with van der Waals surface area (Å²) in [7, 11) is 0. The summed E-state index contributed by atoms with van der Waals surface area (Å²) in [4.78, 5) is 15.0. The molecule has 38 heavy (non-hydrogen) atoms. The lowest BCUT2D eigenvalue weighted by molar-refractivity contribution is -0.376. The number of hydrogen-bond donors (Lipinski definition) is 1. The van der Waals surface area contributed by atoms with E-state index in [1.165, 1.54) is 4.90 Å². The fourth-order valence-electron chi connectivity index (χ4n) is 4.59. The van der Waals surface area contributed by atoms with Gasteiger partial charge in [0.05, 0.1) is 12.5 Å². The molecule has 1 heterocycles. The van der Waals surface area contributed by atoms with Crippen LogP contribution in [0.5, 0.6) is 5.75 Å². The Bertz CT molecular complexity index is 1250. The standard InChI is InChI=1S/C28H25F6NO3/c1-18(19-8-4-2-5-9-19)25(36)35-17-23(38-22-10-6-3-7-11-22)14-12-20-16-21(13-15-24(20)35)26(37,27(29,30)31)28(32,33)34/h2-11,13,15-16,18,23,37H,12,14,17H2,1H3/t18-,23-/m0/s1. The van der Waals surface area contributed by atoms with Gasteiger partial charge in [0.1, 0.15) is 11.9 Å². The van der Waals surface area contributed by atoms with Crippen LogP contribution >= 0.6 is 0 Å². The molecule has 1 aliphatic heterocycles. The number of para-hydroxylation sites is 1. The van der Waals surface area contributed by atoms with E-state index in [1.54, 1.807) is 67.6 Å². The van der Waals surface area contributed by atoms with Crippen LogP contribution in [0, 0.1) is 0 Å². The summed E-state index contributed by atoms with van der Waals surface area (Å²) in [5.74, 6) is -0.534. The van der Waals surface area contributed by atoms with E-state index in [0.29, 0.717) is 23.4 Å². The Balaban J connectivity index is 1.77. The van der Waals surface area contributed by atoms with Gasteiger partial charge < -0.3 is 14.7 Å². The molecule has 1 aliphatic rings. The molecule has 0 bridgehead atoms. The number of aryl methyl sites for hydroxylation is 1. The summed E-state index contributed by atoms with van der Waals surface area (Å²) < 4.78 is 87.3. The van der Waals surface area contributed by atoms with Crippen LogP contribution in [0.4, 0.5) is 32.0 Å². The van der Waals surface area contributed by atoms with Crippen molar-refractivity contribution in [3.63, 3.8) is 0 Å². The van der Waals surface area contributed by atoms with Crippen LogP contribution in [0.25, 0.3) is 0 Å². The number of rotatable bonds is 5. The number of anilines is 1. The van der Waals surface area contributed by atoms with Gasteiger partial charge in [0.25, 0.3) is 5.60 Å². The molecule has 0 aromatic heterocycles. The Kier molecular flexibility index (Phi) is 7.47. The van der Waals surface area contributed by atoms with Crippen molar-refractivity contribution in [2.45, 2.75) is 49.7 Å². The smallest absolute Gasteiger partial charge is 0.430 e. The molecule has 1 amide bonds. The first-order valence-electron chi connectivity index (χ1n) is 11.9. The van der Waals surface area contributed by atoms with E-state index >= 15 is 0 Å². The molecule has 3 aromatic carbocycles. The average molecular weight is 538 g/mol. The Morgan fingerprint density at radius 2 is 1.50 bits per heavy atom. The van der Waals surface area contributed by atoms with Crippen molar-refractivity contribution < 1.29 is 41.0 Å². The molecule has 202 valence electrons. The number of amides is 1.